The lowest BCUT2D eigenvalue weighted by atomic mass is 10.1. The third-order valence-corrected chi connectivity index (χ3v) is 3.41. The number of nitrogens with zero attached hydrogens (tertiary/aromatic N) is 3. The van der Waals surface area contributed by atoms with Crippen molar-refractivity contribution in [3.63, 3.8) is 0 Å². The van der Waals surface area contributed by atoms with Gasteiger partial charge in [0.25, 0.3) is 5.69 Å². The summed E-state index contributed by atoms with van der Waals surface area (Å²) in [6, 6.07) is 10.5. The molecule has 0 unspecified atom stereocenters. The van der Waals surface area contributed by atoms with Crippen molar-refractivity contribution in [2.24, 2.45) is 0 Å². The zero-order valence-corrected chi connectivity index (χ0v) is 12.3. The minimum atomic E-state index is -0.399. The predicted octanol–water partition coefficient (Wildman–Crippen LogP) is 2.03. The zero-order valence-electron chi connectivity index (χ0n) is 12.3. The number of rotatable bonds is 8. The van der Waals surface area contributed by atoms with Crippen molar-refractivity contribution in [3.05, 3.63) is 70.0 Å². The van der Waals surface area contributed by atoms with Crippen LogP contribution in [0.1, 0.15) is 11.1 Å². The van der Waals surface area contributed by atoms with E-state index in [2.05, 4.69) is 9.88 Å². The number of hydrogen-bond donors (Lipinski definition) is 1. The van der Waals surface area contributed by atoms with Crippen LogP contribution in [0.25, 0.3) is 0 Å². The minimum absolute atomic E-state index is 0.0977. The number of aliphatic hydroxyl groups excluding tert-OH is 1. The number of aliphatic hydroxyl groups is 1. The van der Waals surface area contributed by atoms with Crippen molar-refractivity contribution >= 4 is 5.69 Å². The summed E-state index contributed by atoms with van der Waals surface area (Å²) in [5.41, 5.74) is 2.24. The maximum atomic E-state index is 10.6. The Morgan fingerprint density at radius 1 is 1.14 bits per heavy atom. The lowest BCUT2D eigenvalue weighted by Crippen LogP contribution is -2.28. The Labute approximate surface area is 129 Å². The third-order valence-electron chi connectivity index (χ3n) is 3.41. The second kappa shape index (κ2) is 8.21. The van der Waals surface area contributed by atoms with E-state index in [4.69, 9.17) is 0 Å². The Morgan fingerprint density at radius 3 is 2.50 bits per heavy atom. The van der Waals surface area contributed by atoms with Crippen LogP contribution in [-0.2, 0) is 13.0 Å². The molecule has 1 heterocycles. The highest BCUT2D eigenvalue weighted by molar-refractivity contribution is 5.32. The Bertz CT molecular complexity index is 587. The Hall–Kier alpha value is -2.31. The SMILES string of the molecule is O=[N+]([O-])c1ccc(CCN(CCO)Cc2cccnc2)cc1. The second-order valence-corrected chi connectivity index (χ2v) is 5.03. The van der Waals surface area contributed by atoms with E-state index in [9.17, 15) is 15.2 Å². The maximum absolute atomic E-state index is 10.6. The molecule has 6 nitrogen and oxygen atoms in total. The van der Waals surface area contributed by atoms with Crippen molar-refractivity contribution in [3.8, 4) is 0 Å². The first-order chi connectivity index (χ1) is 10.7. The quantitative estimate of drug-likeness (QED) is 0.596. The first kappa shape index (κ1) is 16.1. The summed E-state index contributed by atoms with van der Waals surface area (Å²) in [6.07, 6.45) is 4.32. The van der Waals surface area contributed by atoms with Crippen LogP contribution >= 0.6 is 0 Å². The van der Waals surface area contributed by atoms with Crippen LogP contribution in [0.3, 0.4) is 0 Å². The molecule has 0 saturated carbocycles. The number of benzene rings is 1. The largest absolute Gasteiger partial charge is 0.395 e. The normalized spacial score (nSPS) is 10.8. The molecule has 2 rings (SSSR count). The number of aromatic nitrogens is 1. The molecule has 0 aliphatic carbocycles. The van der Waals surface area contributed by atoms with E-state index in [1.807, 2.05) is 18.3 Å². The Kier molecular flexibility index (Phi) is 6.00. The molecule has 0 fully saturated rings. The molecule has 2 aromatic rings. The van der Waals surface area contributed by atoms with Gasteiger partial charge in [-0.05, 0) is 23.6 Å². The van der Waals surface area contributed by atoms with Crippen LogP contribution in [0.5, 0.6) is 0 Å². The van der Waals surface area contributed by atoms with Gasteiger partial charge in [0.05, 0.1) is 11.5 Å². The zero-order chi connectivity index (χ0) is 15.8. The van der Waals surface area contributed by atoms with Gasteiger partial charge in [-0.15, -0.1) is 0 Å². The molecule has 0 saturated heterocycles. The summed E-state index contributed by atoms with van der Waals surface area (Å²) in [5, 5.41) is 19.8. The third kappa shape index (κ3) is 4.91. The highest BCUT2D eigenvalue weighted by Gasteiger charge is 2.08. The number of pyridine rings is 1. The first-order valence-corrected chi connectivity index (χ1v) is 7.14. The van der Waals surface area contributed by atoms with E-state index in [1.165, 1.54) is 12.1 Å². The lowest BCUT2D eigenvalue weighted by Gasteiger charge is -2.21. The van der Waals surface area contributed by atoms with Crippen LogP contribution in [-0.4, -0.2) is 39.6 Å². The molecule has 0 radical (unpaired) electrons. The molecule has 1 aromatic heterocycles. The summed E-state index contributed by atoms with van der Waals surface area (Å²) >= 11 is 0. The van der Waals surface area contributed by atoms with Gasteiger partial charge in [0.2, 0.25) is 0 Å². The highest BCUT2D eigenvalue weighted by Crippen LogP contribution is 2.13. The van der Waals surface area contributed by atoms with Crippen molar-refractivity contribution in [1.29, 1.82) is 0 Å². The molecule has 0 aliphatic heterocycles. The molecule has 1 N–H and O–H groups in total. The average Bonchev–Trinajstić information content (AvgIpc) is 2.54. The Morgan fingerprint density at radius 2 is 1.91 bits per heavy atom. The van der Waals surface area contributed by atoms with Gasteiger partial charge in [-0.2, -0.15) is 0 Å². The second-order valence-electron chi connectivity index (χ2n) is 5.03. The van der Waals surface area contributed by atoms with Crippen molar-refractivity contribution in [1.82, 2.24) is 9.88 Å². The van der Waals surface area contributed by atoms with Gasteiger partial charge in [0, 0.05) is 44.2 Å². The standard InChI is InChI=1S/C16H19N3O3/c20-11-10-18(13-15-2-1-8-17-12-15)9-7-14-3-5-16(6-4-14)19(21)22/h1-6,8,12,20H,7,9-11,13H2. The van der Waals surface area contributed by atoms with Gasteiger partial charge in [-0.3, -0.25) is 20.0 Å². The molecule has 0 bridgehead atoms. The first-order valence-electron chi connectivity index (χ1n) is 7.14. The van der Waals surface area contributed by atoms with Gasteiger partial charge in [0.15, 0.2) is 0 Å². The van der Waals surface area contributed by atoms with E-state index < -0.39 is 4.92 Å². The topological polar surface area (TPSA) is 79.5 Å². The van der Waals surface area contributed by atoms with Gasteiger partial charge < -0.3 is 5.11 Å². The number of nitro benzene ring substituents is 1. The van der Waals surface area contributed by atoms with Gasteiger partial charge in [-0.1, -0.05) is 18.2 Å². The van der Waals surface area contributed by atoms with Crippen LogP contribution in [0.2, 0.25) is 0 Å². The van der Waals surface area contributed by atoms with E-state index in [0.29, 0.717) is 6.54 Å². The van der Waals surface area contributed by atoms with E-state index in [1.54, 1.807) is 18.3 Å². The monoisotopic (exact) mass is 301 g/mol. The fourth-order valence-electron chi connectivity index (χ4n) is 2.23. The average molecular weight is 301 g/mol. The molecular weight excluding hydrogens is 282 g/mol. The van der Waals surface area contributed by atoms with Crippen LogP contribution in [0.15, 0.2) is 48.8 Å². The van der Waals surface area contributed by atoms with Crippen LogP contribution < -0.4 is 0 Å². The van der Waals surface area contributed by atoms with Crippen molar-refractivity contribution in [2.45, 2.75) is 13.0 Å². The molecule has 116 valence electrons. The molecule has 0 aliphatic rings. The summed E-state index contributed by atoms with van der Waals surface area (Å²) < 4.78 is 0. The maximum Gasteiger partial charge on any atom is 0.269 e. The van der Waals surface area contributed by atoms with Crippen LogP contribution in [0.4, 0.5) is 5.69 Å². The van der Waals surface area contributed by atoms with E-state index in [-0.39, 0.29) is 12.3 Å². The number of nitro groups is 1. The molecule has 0 spiro atoms. The highest BCUT2D eigenvalue weighted by atomic mass is 16.6. The predicted molar refractivity (Wildman–Crippen MR) is 83.4 cm³/mol. The van der Waals surface area contributed by atoms with Crippen molar-refractivity contribution in [2.75, 3.05) is 19.7 Å². The molecule has 0 amide bonds. The Balaban J connectivity index is 1.92. The molecule has 22 heavy (non-hydrogen) atoms. The number of hydrogen-bond acceptors (Lipinski definition) is 5. The smallest absolute Gasteiger partial charge is 0.269 e. The summed E-state index contributed by atoms with van der Waals surface area (Å²) in [4.78, 5) is 16.5. The molecular formula is C16H19N3O3. The molecule has 1 aromatic carbocycles. The minimum Gasteiger partial charge on any atom is -0.395 e. The molecule has 6 heteroatoms. The van der Waals surface area contributed by atoms with E-state index in [0.717, 1.165) is 30.6 Å². The molecule has 0 atom stereocenters. The van der Waals surface area contributed by atoms with E-state index >= 15 is 0 Å². The fourth-order valence-corrected chi connectivity index (χ4v) is 2.23. The summed E-state index contributed by atoms with van der Waals surface area (Å²) in [7, 11) is 0. The van der Waals surface area contributed by atoms with Gasteiger partial charge >= 0.3 is 0 Å². The lowest BCUT2D eigenvalue weighted by molar-refractivity contribution is -0.384. The van der Waals surface area contributed by atoms with Gasteiger partial charge in [0.1, 0.15) is 0 Å². The van der Waals surface area contributed by atoms with Crippen LogP contribution in [0, 0.1) is 10.1 Å². The fraction of sp³-hybridized carbons (Fsp3) is 0.312. The van der Waals surface area contributed by atoms with Gasteiger partial charge in [-0.25, -0.2) is 0 Å². The number of non-ortho nitro benzene ring substituents is 1. The summed E-state index contributed by atoms with van der Waals surface area (Å²) in [6.45, 7) is 2.18. The van der Waals surface area contributed by atoms with Crippen molar-refractivity contribution < 1.29 is 10.0 Å². The summed E-state index contributed by atoms with van der Waals surface area (Å²) in [5.74, 6) is 0.